The van der Waals surface area contributed by atoms with Crippen molar-refractivity contribution >= 4 is 0 Å². The predicted molar refractivity (Wildman–Crippen MR) is 54.6 cm³/mol. The Kier molecular flexibility index (Phi) is 2.77. The first-order valence-electron chi connectivity index (χ1n) is 4.56. The van der Waals surface area contributed by atoms with Crippen LogP contribution >= 0.6 is 0 Å². The Balaban J connectivity index is 3.16. The van der Waals surface area contributed by atoms with E-state index < -0.39 is 0 Å². The van der Waals surface area contributed by atoms with Crippen molar-refractivity contribution in [2.45, 2.75) is 40.2 Å². The molecule has 1 aromatic heterocycles. The molecule has 0 fully saturated rings. The largest absolute Gasteiger partial charge is 0.267 e. The second-order valence-corrected chi connectivity index (χ2v) is 3.57. The highest BCUT2D eigenvalue weighted by Gasteiger charge is 2.11. The molecule has 0 amide bonds. The molecule has 0 bridgehead atoms. The smallest absolute Gasteiger partial charge is 0.0638 e. The van der Waals surface area contributed by atoms with Gasteiger partial charge in [0.15, 0.2) is 0 Å². The fourth-order valence-electron chi connectivity index (χ4n) is 1.56. The van der Waals surface area contributed by atoms with E-state index in [4.69, 9.17) is 6.42 Å². The minimum absolute atomic E-state index is 0.408. The standard InChI is InChI=1S/C11H16N2/c1-6-7-11-9(4)12-13(8(2)3)10(11)5/h1,8H,7H2,2-5H3. The lowest BCUT2D eigenvalue weighted by Gasteiger charge is -2.07. The van der Waals surface area contributed by atoms with Gasteiger partial charge in [-0.3, -0.25) is 4.68 Å². The third kappa shape index (κ3) is 1.75. The molecule has 0 aliphatic rings. The lowest BCUT2D eigenvalue weighted by molar-refractivity contribution is 0.516. The molecule has 1 heterocycles. The summed E-state index contributed by atoms with van der Waals surface area (Å²) in [5.41, 5.74) is 3.46. The normalized spacial score (nSPS) is 10.5. The highest BCUT2D eigenvalue weighted by atomic mass is 15.3. The molecule has 0 aliphatic carbocycles. The van der Waals surface area contributed by atoms with Gasteiger partial charge in [0.2, 0.25) is 0 Å². The molecule has 0 aromatic carbocycles. The molecule has 1 aromatic rings. The quantitative estimate of drug-likeness (QED) is 0.632. The highest BCUT2D eigenvalue weighted by Crippen LogP contribution is 2.16. The predicted octanol–water partition coefficient (Wildman–Crippen LogP) is 2.26. The molecule has 0 radical (unpaired) electrons. The second kappa shape index (κ2) is 3.66. The molecule has 70 valence electrons. The molecule has 2 heteroatoms. The van der Waals surface area contributed by atoms with Crippen LogP contribution in [-0.2, 0) is 6.42 Å². The van der Waals surface area contributed by atoms with Gasteiger partial charge in [-0.25, -0.2) is 0 Å². The topological polar surface area (TPSA) is 17.8 Å². The Hall–Kier alpha value is -1.23. The van der Waals surface area contributed by atoms with Gasteiger partial charge in [-0.1, -0.05) is 0 Å². The lowest BCUT2D eigenvalue weighted by Crippen LogP contribution is -2.05. The van der Waals surface area contributed by atoms with Crippen LogP contribution in [0.25, 0.3) is 0 Å². The van der Waals surface area contributed by atoms with Crippen LogP contribution in [0, 0.1) is 26.2 Å². The zero-order valence-electron chi connectivity index (χ0n) is 8.76. The van der Waals surface area contributed by atoms with Gasteiger partial charge >= 0.3 is 0 Å². The van der Waals surface area contributed by atoms with Crippen LogP contribution in [-0.4, -0.2) is 9.78 Å². The molecular formula is C11H16N2. The van der Waals surface area contributed by atoms with Gasteiger partial charge in [-0.15, -0.1) is 12.3 Å². The number of aryl methyl sites for hydroxylation is 1. The number of aromatic nitrogens is 2. The van der Waals surface area contributed by atoms with Crippen molar-refractivity contribution in [3.8, 4) is 12.3 Å². The van der Waals surface area contributed by atoms with E-state index in [0.717, 1.165) is 5.69 Å². The second-order valence-electron chi connectivity index (χ2n) is 3.57. The summed E-state index contributed by atoms with van der Waals surface area (Å²) in [6.45, 7) is 8.34. The first-order valence-corrected chi connectivity index (χ1v) is 4.56. The van der Waals surface area contributed by atoms with Crippen molar-refractivity contribution in [3.05, 3.63) is 17.0 Å². The summed E-state index contributed by atoms with van der Waals surface area (Å²) in [6.07, 6.45) is 5.98. The Bertz CT molecular complexity index is 340. The molecule has 0 atom stereocenters. The summed E-state index contributed by atoms with van der Waals surface area (Å²) in [7, 11) is 0. The fourth-order valence-corrected chi connectivity index (χ4v) is 1.56. The van der Waals surface area contributed by atoms with E-state index in [-0.39, 0.29) is 0 Å². The van der Waals surface area contributed by atoms with Crippen LogP contribution in [0.15, 0.2) is 0 Å². The maximum atomic E-state index is 5.30. The molecule has 1 rings (SSSR count). The van der Waals surface area contributed by atoms with Gasteiger partial charge in [0.1, 0.15) is 0 Å². The number of rotatable bonds is 2. The number of nitrogens with zero attached hydrogens (tertiary/aromatic N) is 2. The zero-order valence-corrected chi connectivity index (χ0v) is 8.76. The third-order valence-corrected chi connectivity index (χ3v) is 2.24. The molecule has 0 aliphatic heterocycles. The van der Waals surface area contributed by atoms with Crippen molar-refractivity contribution < 1.29 is 0 Å². The summed E-state index contributed by atoms with van der Waals surface area (Å²) >= 11 is 0. The Morgan fingerprint density at radius 3 is 2.46 bits per heavy atom. The Morgan fingerprint density at radius 2 is 2.08 bits per heavy atom. The average molecular weight is 176 g/mol. The van der Waals surface area contributed by atoms with Gasteiger partial charge < -0.3 is 0 Å². The summed E-state index contributed by atoms with van der Waals surface area (Å²) in [4.78, 5) is 0. The number of terminal acetylenes is 1. The van der Waals surface area contributed by atoms with Gasteiger partial charge in [0.25, 0.3) is 0 Å². The van der Waals surface area contributed by atoms with E-state index in [2.05, 4.69) is 31.8 Å². The van der Waals surface area contributed by atoms with E-state index in [1.165, 1.54) is 11.3 Å². The molecule has 0 saturated carbocycles. The molecule has 0 N–H and O–H groups in total. The van der Waals surface area contributed by atoms with Crippen LogP contribution in [0.4, 0.5) is 0 Å². The van der Waals surface area contributed by atoms with E-state index in [0.29, 0.717) is 12.5 Å². The fraction of sp³-hybridized carbons (Fsp3) is 0.545. The van der Waals surface area contributed by atoms with Crippen LogP contribution in [0.2, 0.25) is 0 Å². The maximum absolute atomic E-state index is 5.30. The Labute approximate surface area is 80.0 Å². The van der Waals surface area contributed by atoms with Crippen molar-refractivity contribution in [2.75, 3.05) is 0 Å². The van der Waals surface area contributed by atoms with Gasteiger partial charge in [0, 0.05) is 23.7 Å². The van der Waals surface area contributed by atoms with Crippen molar-refractivity contribution in [1.82, 2.24) is 9.78 Å². The first-order chi connectivity index (χ1) is 6.07. The van der Waals surface area contributed by atoms with E-state index in [9.17, 15) is 0 Å². The summed E-state index contributed by atoms with van der Waals surface area (Å²) in [5, 5.41) is 4.45. The first kappa shape index (κ1) is 9.85. The zero-order chi connectivity index (χ0) is 10.0. The number of hydrogen-bond acceptors (Lipinski definition) is 1. The van der Waals surface area contributed by atoms with Crippen LogP contribution in [0.3, 0.4) is 0 Å². The van der Waals surface area contributed by atoms with Crippen LogP contribution in [0.1, 0.15) is 36.8 Å². The summed E-state index contributed by atoms with van der Waals surface area (Å²) < 4.78 is 2.03. The SMILES string of the molecule is C#CCc1c(C)nn(C(C)C)c1C. The highest BCUT2D eigenvalue weighted by molar-refractivity contribution is 5.28. The average Bonchev–Trinajstić information content (AvgIpc) is 2.32. The van der Waals surface area contributed by atoms with Gasteiger partial charge in [0.05, 0.1) is 5.69 Å². The minimum atomic E-state index is 0.408. The van der Waals surface area contributed by atoms with E-state index in [1.54, 1.807) is 0 Å². The molecule has 13 heavy (non-hydrogen) atoms. The third-order valence-electron chi connectivity index (χ3n) is 2.24. The van der Waals surface area contributed by atoms with Crippen molar-refractivity contribution in [2.24, 2.45) is 0 Å². The lowest BCUT2D eigenvalue weighted by atomic mass is 10.1. The minimum Gasteiger partial charge on any atom is -0.267 e. The molecule has 2 nitrogen and oxygen atoms in total. The van der Waals surface area contributed by atoms with Gasteiger partial charge in [-0.05, 0) is 27.7 Å². The molecule has 0 saturated heterocycles. The maximum Gasteiger partial charge on any atom is 0.0638 e. The summed E-state index contributed by atoms with van der Waals surface area (Å²) in [6, 6.07) is 0.408. The molecular weight excluding hydrogens is 160 g/mol. The van der Waals surface area contributed by atoms with E-state index >= 15 is 0 Å². The van der Waals surface area contributed by atoms with Gasteiger partial charge in [-0.2, -0.15) is 5.10 Å². The van der Waals surface area contributed by atoms with Crippen LogP contribution in [0.5, 0.6) is 0 Å². The molecule has 0 unspecified atom stereocenters. The van der Waals surface area contributed by atoms with Crippen LogP contribution < -0.4 is 0 Å². The monoisotopic (exact) mass is 176 g/mol. The van der Waals surface area contributed by atoms with Crippen molar-refractivity contribution in [3.63, 3.8) is 0 Å². The summed E-state index contributed by atoms with van der Waals surface area (Å²) in [5.74, 6) is 2.66. The molecule has 0 spiro atoms. The van der Waals surface area contributed by atoms with Crippen molar-refractivity contribution in [1.29, 1.82) is 0 Å². The Morgan fingerprint density at radius 1 is 1.46 bits per heavy atom. The number of hydrogen-bond donors (Lipinski definition) is 0. The van der Waals surface area contributed by atoms with E-state index in [1.807, 2.05) is 11.6 Å².